The van der Waals surface area contributed by atoms with E-state index in [1.165, 1.54) is 11.1 Å². The van der Waals surface area contributed by atoms with Gasteiger partial charge in [0, 0.05) is 0 Å². The zero-order chi connectivity index (χ0) is 16.3. The van der Waals surface area contributed by atoms with E-state index >= 15 is 0 Å². The number of fused-ring (bicyclic) bond motifs is 1. The molecule has 1 aliphatic rings. The molecule has 0 aliphatic heterocycles. The Morgan fingerprint density at radius 1 is 1.22 bits per heavy atom. The van der Waals surface area contributed by atoms with E-state index in [-0.39, 0.29) is 11.8 Å². The highest BCUT2D eigenvalue weighted by atomic mass is 16.2. The van der Waals surface area contributed by atoms with E-state index in [2.05, 4.69) is 17.5 Å². The topological polar surface area (TPSA) is 52.9 Å². The minimum atomic E-state index is -0.836. The SMILES string of the molecule is CC(C#N)(CCc1ccccc1)NC(=O)C1Cc2ccccc21. The van der Waals surface area contributed by atoms with Crippen LogP contribution >= 0.6 is 0 Å². The van der Waals surface area contributed by atoms with Gasteiger partial charge >= 0.3 is 0 Å². The zero-order valence-corrected chi connectivity index (χ0v) is 13.3. The van der Waals surface area contributed by atoms with Gasteiger partial charge in [0.15, 0.2) is 0 Å². The predicted octanol–water partition coefficient (Wildman–Crippen LogP) is 3.36. The number of aryl methyl sites for hydroxylation is 1. The monoisotopic (exact) mass is 304 g/mol. The van der Waals surface area contributed by atoms with Crippen molar-refractivity contribution in [3.05, 3.63) is 71.3 Å². The Kier molecular flexibility index (Phi) is 4.16. The van der Waals surface area contributed by atoms with E-state index in [1.54, 1.807) is 6.92 Å². The van der Waals surface area contributed by atoms with E-state index in [9.17, 15) is 10.1 Å². The Hall–Kier alpha value is -2.60. The molecule has 0 radical (unpaired) electrons. The van der Waals surface area contributed by atoms with Gasteiger partial charge in [0.25, 0.3) is 0 Å². The average molecular weight is 304 g/mol. The fourth-order valence-corrected chi connectivity index (χ4v) is 3.04. The summed E-state index contributed by atoms with van der Waals surface area (Å²) in [7, 11) is 0. The minimum absolute atomic E-state index is 0.0409. The predicted molar refractivity (Wildman–Crippen MR) is 89.8 cm³/mol. The van der Waals surface area contributed by atoms with Gasteiger partial charge < -0.3 is 5.32 Å². The summed E-state index contributed by atoms with van der Waals surface area (Å²) >= 11 is 0. The number of carbonyl (C=O) groups is 1. The number of rotatable bonds is 5. The smallest absolute Gasteiger partial charge is 0.229 e. The lowest BCUT2D eigenvalue weighted by molar-refractivity contribution is -0.124. The van der Waals surface area contributed by atoms with Crippen LogP contribution < -0.4 is 5.32 Å². The summed E-state index contributed by atoms with van der Waals surface area (Å²) < 4.78 is 0. The summed E-state index contributed by atoms with van der Waals surface area (Å²) in [4.78, 5) is 12.5. The lowest BCUT2D eigenvalue weighted by Gasteiger charge is -2.32. The normalized spacial score (nSPS) is 18.0. The molecule has 0 fully saturated rings. The molecule has 0 bridgehead atoms. The van der Waals surface area contributed by atoms with E-state index in [1.807, 2.05) is 48.5 Å². The summed E-state index contributed by atoms with van der Waals surface area (Å²) in [6.45, 7) is 1.80. The van der Waals surface area contributed by atoms with Gasteiger partial charge in [-0.25, -0.2) is 0 Å². The van der Waals surface area contributed by atoms with Gasteiger partial charge in [-0.15, -0.1) is 0 Å². The van der Waals surface area contributed by atoms with Crippen LogP contribution in [0, 0.1) is 11.3 Å². The van der Waals surface area contributed by atoms with Crippen molar-refractivity contribution < 1.29 is 4.79 Å². The molecule has 3 rings (SSSR count). The third kappa shape index (κ3) is 3.27. The number of hydrogen-bond acceptors (Lipinski definition) is 2. The summed E-state index contributed by atoms with van der Waals surface area (Å²) in [5.74, 6) is -0.156. The second-order valence-corrected chi connectivity index (χ2v) is 6.37. The summed E-state index contributed by atoms with van der Waals surface area (Å²) in [6.07, 6.45) is 2.14. The van der Waals surface area contributed by atoms with Crippen molar-refractivity contribution in [3.63, 3.8) is 0 Å². The molecule has 0 saturated carbocycles. The second kappa shape index (κ2) is 6.26. The Balaban J connectivity index is 1.63. The summed E-state index contributed by atoms with van der Waals surface area (Å²) in [5, 5.41) is 12.5. The molecule has 2 aromatic carbocycles. The molecule has 3 nitrogen and oxygen atoms in total. The van der Waals surface area contributed by atoms with Crippen LogP contribution in [-0.2, 0) is 17.6 Å². The van der Waals surface area contributed by atoms with E-state index in [0.717, 1.165) is 18.4 Å². The number of amides is 1. The maximum atomic E-state index is 12.5. The Bertz CT molecular complexity index is 748. The van der Waals surface area contributed by atoms with Crippen LogP contribution in [0.3, 0.4) is 0 Å². The van der Waals surface area contributed by atoms with Crippen molar-refractivity contribution in [1.82, 2.24) is 5.32 Å². The third-order valence-electron chi connectivity index (χ3n) is 4.57. The van der Waals surface area contributed by atoms with Crippen LogP contribution in [-0.4, -0.2) is 11.4 Å². The fraction of sp³-hybridized carbons (Fsp3) is 0.300. The maximum Gasteiger partial charge on any atom is 0.229 e. The number of benzene rings is 2. The van der Waals surface area contributed by atoms with Crippen molar-refractivity contribution in [3.8, 4) is 6.07 Å². The van der Waals surface area contributed by atoms with E-state index < -0.39 is 5.54 Å². The molecule has 0 heterocycles. The van der Waals surface area contributed by atoms with Crippen molar-refractivity contribution >= 4 is 5.91 Å². The van der Waals surface area contributed by atoms with Gasteiger partial charge in [-0.05, 0) is 42.9 Å². The molecule has 2 atom stereocenters. The van der Waals surface area contributed by atoms with Crippen LogP contribution in [0.2, 0.25) is 0 Å². The van der Waals surface area contributed by atoms with Crippen molar-refractivity contribution in [1.29, 1.82) is 5.26 Å². The number of nitrogens with one attached hydrogen (secondary N) is 1. The van der Waals surface area contributed by atoms with E-state index in [4.69, 9.17) is 0 Å². The van der Waals surface area contributed by atoms with Crippen LogP contribution in [0.5, 0.6) is 0 Å². The molecule has 2 unspecified atom stereocenters. The van der Waals surface area contributed by atoms with Gasteiger partial charge in [-0.1, -0.05) is 54.6 Å². The van der Waals surface area contributed by atoms with Crippen LogP contribution in [0.15, 0.2) is 54.6 Å². The van der Waals surface area contributed by atoms with Crippen molar-refractivity contribution in [2.24, 2.45) is 0 Å². The van der Waals surface area contributed by atoms with Crippen LogP contribution in [0.1, 0.15) is 36.0 Å². The molecule has 1 aliphatic carbocycles. The number of nitriles is 1. The lowest BCUT2D eigenvalue weighted by atomic mass is 9.76. The molecular weight excluding hydrogens is 284 g/mol. The van der Waals surface area contributed by atoms with Gasteiger partial charge in [0.1, 0.15) is 5.54 Å². The molecule has 1 amide bonds. The first-order valence-corrected chi connectivity index (χ1v) is 7.96. The molecule has 23 heavy (non-hydrogen) atoms. The number of hydrogen-bond donors (Lipinski definition) is 1. The average Bonchev–Trinajstić information content (AvgIpc) is 2.55. The first-order chi connectivity index (χ1) is 11.1. The molecule has 0 spiro atoms. The van der Waals surface area contributed by atoms with Gasteiger partial charge in [-0.3, -0.25) is 4.79 Å². The second-order valence-electron chi connectivity index (χ2n) is 6.37. The highest BCUT2D eigenvalue weighted by Gasteiger charge is 2.35. The van der Waals surface area contributed by atoms with Gasteiger partial charge in [0.05, 0.1) is 12.0 Å². The highest BCUT2D eigenvalue weighted by molar-refractivity contribution is 5.87. The third-order valence-corrected chi connectivity index (χ3v) is 4.57. The fourth-order valence-electron chi connectivity index (χ4n) is 3.04. The Morgan fingerprint density at radius 3 is 2.61 bits per heavy atom. The van der Waals surface area contributed by atoms with E-state index in [0.29, 0.717) is 6.42 Å². The molecule has 3 heteroatoms. The number of nitrogens with zero attached hydrogens (tertiary/aromatic N) is 1. The van der Waals surface area contributed by atoms with Gasteiger partial charge in [0.2, 0.25) is 5.91 Å². The lowest BCUT2D eigenvalue weighted by Crippen LogP contribution is -2.48. The first-order valence-electron chi connectivity index (χ1n) is 7.96. The molecular formula is C20H20N2O. The summed E-state index contributed by atoms with van der Waals surface area (Å²) in [6, 6.07) is 20.3. The zero-order valence-electron chi connectivity index (χ0n) is 13.3. The Morgan fingerprint density at radius 2 is 1.91 bits per heavy atom. The molecule has 116 valence electrons. The minimum Gasteiger partial charge on any atom is -0.338 e. The van der Waals surface area contributed by atoms with Crippen molar-refractivity contribution in [2.45, 2.75) is 37.6 Å². The summed E-state index contributed by atoms with van der Waals surface area (Å²) in [5.41, 5.74) is 2.67. The van der Waals surface area contributed by atoms with Crippen LogP contribution in [0.25, 0.3) is 0 Å². The Labute approximate surface area is 137 Å². The first kappa shape index (κ1) is 15.3. The molecule has 1 N–H and O–H groups in total. The highest BCUT2D eigenvalue weighted by Crippen LogP contribution is 2.35. The molecule has 0 aromatic heterocycles. The molecule has 0 saturated heterocycles. The maximum absolute atomic E-state index is 12.5. The van der Waals surface area contributed by atoms with Crippen LogP contribution in [0.4, 0.5) is 0 Å². The largest absolute Gasteiger partial charge is 0.338 e. The van der Waals surface area contributed by atoms with Gasteiger partial charge in [-0.2, -0.15) is 5.26 Å². The standard InChI is InChI=1S/C20H20N2O/c1-20(14-21,12-11-15-7-3-2-4-8-15)22-19(23)18-13-16-9-5-6-10-17(16)18/h2-10,18H,11-13H2,1H3,(H,22,23). The number of carbonyl (C=O) groups excluding carboxylic acids is 1. The van der Waals surface area contributed by atoms with Crippen molar-refractivity contribution in [2.75, 3.05) is 0 Å². The quantitative estimate of drug-likeness (QED) is 0.921. The molecule has 2 aromatic rings.